The van der Waals surface area contributed by atoms with Gasteiger partial charge in [-0.3, -0.25) is 9.69 Å². The molecule has 1 unspecified atom stereocenters. The fourth-order valence-corrected chi connectivity index (χ4v) is 3.73. The van der Waals surface area contributed by atoms with Crippen molar-refractivity contribution in [3.05, 3.63) is 28.7 Å². The first-order valence-electron chi connectivity index (χ1n) is 6.50. The highest BCUT2D eigenvalue weighted by Crippen LogP contribution is 2.30. The average molecular weight is 283 g/mol. The van der Waals surface area contributed by atoms with Crippen LogP contribution < -0.4 is 10.3 Å². The smallest absolute Gasteiger partial charge is 0.247 e. The highest BCUT2D eigenvalue weighted by Gasteiger charge is 2.35. The number of hydrogen-bond donors (Lipinski definition) is 2. The second kappa shape index (κ2) is 4.73. The molecule has 104 valence electrons. The van der Waals surface area contributed by atoms with E-state index in [1.165, 1.54) is 31.2 Å². The first-order chi connectivity index (χ1) is 9.04. The van der Waals surface area contributed by atoms with Crippen LogP contribution in [0, 0.1) is 0 Å². The van der Waals surface area contributed by atoms with Gasteiger partial charge in [-0.1, -0.05) is 0 Å². The maximum Gasteiger partial charge on any atom is 0.247 e. The molecule has 2 aliphatic rings. The lowest BCUT2D eigenvalue weighted by atomic mass is 10.3. The van der Waals surface area contributed by atoms with E-state index in [0.717, 1.165) is 19.5 Å². The molecular formula is C12H17N3O3S. The predicted octanol–water partition coefficient (Wildman–Crippen LogP) is -0.110. The van der Waals surface area contributed by atoms with Crippen LogP contribution >= 0.6 is 0 Å². The van der Waals surface area contributed by atoms with Crippen LogP contribution in [0.2, 0.25) is 0 Å². The summed E-state index contributed by atoms with van der Waals surface area (Å²) in [4.78, 5) is 15.8. The molecule has 3 rings (SSSR count). The van der Waals surface area contributed by atoms with E-state index in [1.54, 1.807) is 0 Å². The molecule has 1 atom stereocenters. The topological polar surface area (TPSA) is 82.3 Å². The summed E-state index contributed by atoms with van der Waals surface area (Å²) in [6.07, 6.45) is 4.55. The van der Waals surface area contributed by atoms with Crippen molar-refractivity contribution in [2.45, 2.75) is 36.2 Å². The monoisotopic (exact) mass is 283 g/mol. The van der Waals surface area contributed by atoms with Gasteiger partial charge in [0.25, 0.3) is 0 Å². The van der Waals surface area contributed by atoms with Gasteiger partial charge in [-0.05, 0) is 25.3 Å². The van der Waals surface area contributed by atoms with Crippen LogP contribution in [0.4, 0.5) is 0 Å². The van der Waals surface area contributed by atoms with Gasteiger partial charge in [-0.15, -0.1) is 0 Å². The Morgan fingerprint density at radius 3 is 2.68 bits per heavy atom. The molecule has 1 saturated heterocycles. The molecular weight excluding hydrogens is 266 g/mol. The number of aromatic amines is 1. The lowest BCUT2D eigenvalue weighted by Crippen LogP contribution is -2.37. The van der Waals surface area contributed by atoms with E-state index in [1.807, 2.05) is 0 Å². The summed E-state index contributed by atoms with van der Waals surface area (Å²) in [5.74, 6) is 0. The van der Waals surface area contributed by atoms with Gasteiger partial charge in [-0.25, -0.2) is 13.1 Å². The summed E-state index contributed by atoms with van der Waals surface area (Å²) in [5, 5.41) is 0. The summed E-state index contributed by atoms with van der Waals surface area (Å²) >= 11 is 0. The minimum atomic E-state index is -3.54. The van der Waals surface area contributed by atoms with E-state index in [0.29, 0.717) is 6.04 Å². The summed E-state index contributed by atoms with van der Waals surface area (Å²) in [5.41, 5.74) is -0.306. The molecule has 0 amide bonds. The van der Waals surface area contributed by atoms with Gasteiger partial charge in [0, 0.05) is 37.4 Å². The third kappa shape index (κ3) is 2.88. The number of H-pyrrole nitrogens is 1. The van der Waals surface area contributed by atoms with Gasteiger partial charge >= 0.3 is 0 Å². The van der Waals surface area contributed by atoms with E-state index in [-0.39, 0.29) is 16.5 Å². The Labute approximate surface area is 111 Å². The highest BCUT2D eigenvalue weighted by atomic mass is 32.2. The molecule has 2 fully saturated rings. The third-order valence-electron chi connectivity index (χ3n) is 3.67. The first kappa shape index (κ1) is 12.8. The molecule has 1 aromatic heterocycles. The van der Waals surface area contributed by atoms with Crippen molar-refractivity contribution in [2.75, 3.05) is 13.1 Å². The minimum Gasteiger partial charge on any atom is -0.328 e. The number of sulfonamides is 1. The molecule has 1 saturated carbocycles. The fourth-order valence-electron chi connectivity index (χ4n) is 2.51. The van der Waals surface area contributed by atoms with Crippen LogP contribution in [0.15, 0.2) is 28.0 Å². The Hall–Kier alpha value is -1.18. The Balaban J connectivity index is 1.68. The molecule has 1 aliphatic heterocycles. The lowest BCUT2D eigenvalue weighted by Gasteiger charge is -2.15. The van der Waals surface area contributed by atoms with E-state index >= 15 is 0 Å². The summed E-state index contributed by atoms with van der Waals surface area (Å²) in [6, 6.07) is 3.19. The van der Waals surface area contributed by atoms with Crippen LogP contribution in [0.5, 0.6) is 0 Å². The maximum atomic E-state index is 12.1. The van der Waals surface area contributed by atoms with Crippen molar-refractivity contribution >= 4 is 10.0 Å². The SMILES string of the molecule is O=c1ccc(S(=O)(=O)NC2CCN(C3CC3)C2)c[nH]1. The van der Waals surface area contributed by atoms with Crippen LogP contribution in [0.25, 0.3) is 0 Å². The van der Waals surface area contributed by atoms with Crippen molar-refractivity contribution in [2.24, 2.45) is 0 Å². The zero-order valence-corrected chi connectivity index (χ0v) is 11.3. The van der Waals surface area contributed by atoms with Gasteiger partial charge < -0.3 is 4.98 Å². The second-order valence-corrected chi connectivity index (χ2v) is 6.94. The zero-order chi connectivity index (χ0) is 13.5. The van der Waals surface area contributed by atoms with Gasteiger partial charge in [-0.2, -0.15) is 0 Å². The number of rotatable bonds is 4. The molecule has 0 radical (unpaired) electrons. The van der Waals surface area contributed by atoms with E-state index in [2.05, 4.69) is 14.6 Å². The van der Waals surface area contributed by atoms with E-state index in [9.17, 15) is 13.2 Å². The van der Waals surface area contributed by atoms with Crippen molar-refractivity contribution < 1.29 is 8.42 Å². The standard InChI is InChI=1S/C12H17N3O3S/c16-12-4-3-11(7-13-12)19(17,18)14-9-5-6-15(8-9)10-1-2-10/h3-4,7,9-10,14H,1-2,5-6,8H2,(H,13,16). The second-order valence-electron chi connectivity index (χ2n) is 5.22. The molecule has 0 aromatic carbocycles. The van der Waals surface area contributed by atoms with Crippen LogP contribution in [-0.4, -0.2) is 43.5 Å². The quantitative estimate of drug-likeness (QED) is 0.808. The molecule has 2 N–H and O–H groups in total. The van der Waals surface area contributed by atoms with Gasteiger partial charge in [0.2, 0.25) is 15.6 Å². The largest absolute Gasteiger partial charge is 0.328 e. The number of hydrogen-bond acceptors (Lipinski definition) is 4. The number of nitrogens with zero attached hydrogens (tertiary/aromatic N) is 1. The fraction of sp³-hybridized carbons (Fsp3) is 0.583. The third-order valence-corrected chi connectivity index (χ3v) is 5.19. The van der Waals surface area contributed by atoms with Crippen LogP contribution in [-0.2, 0) is 10.0 Å². The van der Waals surface area contributed by atoms with Gasteiger partial charge in [0.05, 0.1) is 4.90 Å². The molecule has 0 spiro atoms. The predicted molar refractivity (Wildman–Crippen MR) is 70.4 cm³/mol. The van der Waals surface area contributed by atoms with Crippen LogP contribution in [0.1, 0.15) is 19.3 Å². The molecule has 1 aromatic rings. The molecule has 19 heavy (non-hydrogen) atoms. The molecule has 0 bridgehead atoms. The highest BCUT2D eigenvalue weighted by molar-refractivity contribution is 7.89. The number of aromatic nitrogens is 1. The summed E-state index contributed by atoms with van der Waals surface area (Å²) in [6.45, 7) is 1.75. The zero-order valence-electron chi connectivity index (χ0n) is 10.5. The maximum absolute atomic E-state index is 12.1. The van der Waals surface area contributed by atoms with E-state index < -0.39 is 10.0 Å². The summed E-state index contributed by atoms with van der Waals surface area (Å²) < 4.78 is 27.0. The van der Waals surface area contributed by atoms with Crippen molar-refractivity contribution in [3.63, 3.8) is 0 Å². The Morgan fingerprint density at radius 2 is 2.05 bits per heavy atom. The average Bonchev–Trinajstić information content (AvgIpc) is 3.11. The Kier molecular flexibility index (Phi) is 3.20. The van der Waals surface area contributed by atoms with Crippen molar-refractivity contribution in [1.29, 1.82) is 0 Å². The number of pyridine rings is 1. The van der Waals surface area contributed by atoms with Gasteiger partial charge in [0.1, 0.15) is 0 Å². The first-order valence-corrected chi connectivity index (χ1v) is 7.98. The van der Waals surface area contributed by atoms with Crippen molar-refractivity contribution in [1.82, 2.24) is 14.6 Å². The normalized spacial score (nSPS) is 24.7. The molecule has 7 heteroatoms. The molecule has 2 heterocycles. The van der Waals surface area contributed by atoms with Crippen LogP contribution in [0.3, 0.4) is 0 Å². The number of likely N-dealkylation sites (tertiary alicyclic amines) is 1. The van der Waals surface area contributed by atoms with Crippen molar-refractivity contribution in [3.8, 4) is 0 Å². The Bertz CT molecular complexity index is 601. The minimum absolute atomic E-state index is 0.0301. The number of nitrogens with one attached hydrogen (secondary N) is 2. The Morgan fingerprint density at radius 1 is 1.26 bits per heavy atom. The van der Waals surface area contributed by atoms with E-state index in [4.69, 9.17) is 0 Å². The molecule has 6 nitrogen and oxygen atoms in total. The molecule has 1 aliphatic carbocycles. The lowest BCUT2D eigenvalue weighted by molar-refractivity contribution is 0.322. The van der Waals surface area contributed by atoms with Gasteiger partial charge in [0.15, 0.2) is 0 Å². The summed E-state index contributed by atoms with van der Waals surface area (Å²) in [7, 11) is -3.54.